The fourth-order valence-corrected chi connectivity index (χ4v) is 4.75. The Kier molecular flexibility index (Phi) is 5.52. The maximum Gasteiger partial charge on any atom is 0.573 e. The number of H-pyrrole nitrogens is 1. The molecule has 1 aliphatic heterocycles. The fourth-order valence-electron chi connectivity index (χ4n) is 3.31. The van der Waals surface area contributed by atoms with E-state index in [0.29, 0.717) is 11.1 Å². The number of hydrogen-bond donors (Lipinski definition) is 2. The van der Waals surface area contributed by atoms with Gasteiger partial charge in [-0.25, -0.2) is 4.98 Å². The number of hydrogen-bond acceptors (Lipinski definition) is 5. The minimum absolute atomic E-state index is 0.0971. The molecular formula is C20H17F3N4O3S. The van der Waals surface area contributed by atoms with Crippen LogP contribution in [0.5, 0.6) is 5.75 Å². The molecule has 2 atom stereocenters. The molecule has 0 spiro atoms. The Bertz CT molecular complexity index is 1100. The first-order valence-electron chi connectivity index (χ1n) is 9.22. The van der Waals surface area contributed by atoms with Crippen molar-refractivity contribution in [3.8, 4) is 5.75 Å². The lowest BCUT2D eigenvalue weighted by molar-refractivity contribution is -0.274. The van der Waals surface area contributed by atoms with Crippen LogP contribution in [0.3, 0.4) is 0 Å². The molecule has 3 aromatic rings. The van der Waals surface area contributed by atoms with Crippen LogP contribution in [0, 0.1) is 0 Å². The number of amides is 2. The van der Waals surface area contributed by atoms with Crippen LogP contribution < -0.4 is 10.1 Å². The van der Waals surface area contributed by atoms with Gasteiger partial charge in [-0.05, 0) is 29.8 Å². The van der Waals surface area contributed by atoms with Crippen molar-refractivity contribution < 1.29 is 27.5 Å². The predicted molar refractivity (Wildman–Crippen MR) is 109 cm³/mol. The topological polar surface area (TPSA) is 87.3 Å². The van der Waals surface area contributed by atoms with E-state index in [4.69, 9.17) is 0 Å². The molecule has 7 nitrogen and oxygen atoms in total. The quantitative estimate of drug-likeness (QED) is 0.612. The molecule has 1 aliphatic rings. The van der Waals surface area contributed by atoms with Gasteiger partial charge in [-0.3, -0.25) is 14.9 Å². The molecule has 4 rings (SSSR count). The van der Waals surface area contributed by atoms with E-state index in [2.05, 4.69) is 20.0 Å². The van der Waals surface area contributed by atoms with Gasteiger partial charge in [0.15, 0.2) is 0 Å². The zero-order valence-electron chi connectivity index (χ0n) is 16.1. The van der Waals surface area contributed by atoms with Crippen molar-refractivity contribution in [1.29, 1.82) is 0 Å². The number of alkyl halides is 3. The van der Waals surface area contributed by atoms with Crippen LogP contribution in [-0.4, -0.2) is 45.3 Å². The van der Waals surface area contributed by atoms with E-state index in [1.54, 1.807) is 19.2 Å². The molecule has 11 heteroatoms. The van der Waals surface area contributed by atoms with Crippen molar-refractivity contribution in [3.63, 3.8) is 0 Å². The van der Waals surface area contributed by atoms with Gasteiger partial charge in [0.2, 0.25) is 17.8 Å². The molecular weight excluding hydrogens is 433 g/mol. The van der Waals surface area contributed by atoms with Crippen LogP contribution in [0.1, 0.15) is 17.4 Å². The highest BCUT2D eigenvalue weighted by Gasteiger charge is 2.40. The second-order valence-electron chi connectivity index (χ2n) is 6.90. The van der Waals surface area contributed by atoms with Crippen LogP contribution in [0.2, 0.25) is 0 Å². The van der Waals surface area contributed by atoms with Crippen molar-refractivity contribution in [2.75, 3.05) is 12.4 Å². The summed E-state index contributed by atoms with van der Waals surface area (Å²) in [4.78, 5) is 33.7. The minimum Gasteiger partial charge on any atom is -0.406 e. The molecule has 2 amide bonds. The van der Waals surface area contributed by atoms with E-state index in [0.717, 1.165) is 5.52 Å². The number of rotatable bonds is 5. The number of carbonyl (C=O) groups excluding carboxylic acids is 2. The van der Waals surface area contributed by atoms with E-state index in [1.807, 2.05) is 18.2 Å². The van der Waals surface area contributed by atoms with Crippen molar-refractivity contribution in [1.82, 2.24) is 14.9 Å². The summed E-state index contributed by atoms with van der Waals surface area (Å²) in [6, 6.07) is 12.8. The standard InChI is InChI=1S/C20H17F3N4O3S/c1-27-17(29)15(10-16(28)26-19-24-13-7-2-3-8-14(13)25-19)31-18(27)11-5-4-6-12(9-11)30-20(21,22)23/h2-9,15,18H,10H2,1H3,(H2,24,25,26,28). The SMILES string of the molecule is CN1C(=O)C(CC(=O)Nc2nc3ccccc3[nH]2)SC1c1cccc(OC(F)(F)F)c1. The van der Waals surface area contributed by atoms with E-state index in [-0.39, 0.29) is 24.0 Å². The molecule has 0 saturated carbocycles. The lowest BCUT2D eigenvalue weighted by Gasteiger charge is -2.19. The Hall–Kier alpha value is -3.21. The number of para-hydroxylation sites is 2. The summed E-state index contributed by atoms with van der Waals surface area (Å²) >= 11 is 1.20. The summed E-state index contributed by atoms with van der Waals surface area (Å²) in [7, 11) is 1.55. The van der Waals surface area contributed by atoms with Crippen molar-refractivity contribution in [2.45, 2.75) is 23.4 Å². The number of ether oxygens (including phenoxy) is 1. The Morgan fingerprint density at radius 3 is 2.77 bits per heavy atom. The first kappa shape index (κ1) is 21.0. The molecule has 1 fully saturated rings. The predicted octanol–water partition coefficient (Wildman–Crippen LogP) is 4.06. The second kappa shape index (κ2) is 8.14. The summed E-state index contributed by atoms with van der Waals surface area (Å²) in [5.41, 5.74) is 1.94. The van der Waals surface area contributed by atoms with Gasteiger partial charge >= 0.3 is 6.36 Å². The minimum atomic E-state index is -4.81. The molecule has 0 aliphatic carbocycles. The summed E-state index contributed by atoms with van der Waals surface area (Å²) in [5.74, 6) is -0.758. The number of thioether (sulfide) groups is 1. The average Bonchev–Trinajstić information content (AvgIpc) is 3.22. The first-order valence-corrected chi connectivity index (χ1v) is 10.2. The molecule has 2 unspecified atom stereocenters. The molecule has 2 aromatic carbocycles. The largest absolute Gasteiger partial charge is 0.573 e. The number of nitrogens with one attached hydrogen (secondary N) is 2. The van der Waals surface area contributed by atoms with E-state index in [1.165, 1.54) is 34.9 Å². The summed E-state index contributed by atoms with van der Waals surface area (Å²) in [6.45, 7) is 0. The number of nitrogens with zero attached hydrogens (tertiary/aromatic N) is 2. The third-order valence-electron chi connectivity index (χ3n) is 4.66. The number of fused-ring (bicyclic) bond motifs is 1. The van der Waals surface area contributed by atoms with Gasteiger partial charge in [-0.15, -0.1) is 24.9 Å². The number of imidazole rings is 1. The Labute approximate surface area is 179 Å². The highest BCUT2D eigenvalue weighted by atomic mass is 32.2. The monoisotopic (exact) mass is 450 g/mol. The number of anilines is 1. The normalized spacial score (nSPS) is 19.1. The van der Waals surface area contributed by atoms with Crippen LogP contribution in [0.4, 0.5) is 19.1 Å². The lowest BCUT2D eigenvalue weighted by atomic mass is 10.2. The number of aromatic nitrogens is 2. The highest BCUT2D eigenvalue weighted by Crippen LogP contribution is 2.44. The van der Waals surface area contributed by atoms with Gasteiger partial charge in [-0.1, -0.05) is 24.3 Å². The molecule has 1 saturated heterocycles. The van der Waals surface area contributed by atoms with Crippen LogP contribution in [0.15, 0.2) is 48.5 Å². The molecule has 1 aromatic heterocycles. The third kappa shape index (κ3) is 4.76. The molecule has 0 bridgehead atoms. The molecule has 0 radical (unpaired) electrons. The maximum atomic E-state index is 12.6. The van der Waals surface area contributed by atoms with E-state index in [9.17, 15) is 22.8 Å². The van der Waals surface area contributed by atoms with Gasteiger partial charge < -0.3 is 14.6 Å². The van der Waals surface area contributed by atoms with Crippen molar-refractivity contribution in [3.05, 3.63) is 54.1 Å². The van der Waals surface area contributed by atoms with Gasteiger partial charge in [0.1, 0.15) is 11.1 Å². The third-order valence-corrected chi connectivity index (χ3v) is 6.21. The van der Waals surface area contributed by atoms with Crippen LogP contribution >= 0.6 is 11.8 Å². The number of halogens is 3. The molecule has 162 valence electrons. The summed E-state index contributed by atoms with van der Waals surface area (Å²) in [6.07, 6.45) is -4.90. The Morgan fingerprint density at radius 1 is 1.26 bits per heavy atom. The summed E-state index contributed by atoms with van der Waals surface area (Å²) < 4.78 is 41.5. The van der Waals surface area contributed by atoms with Crippen LogP contribution in [-0.2, 0) is 9.59 Å². The lowest BCUT2D eigenvalue weighted by Crippen LogP contribution is -2.29. The first-order chi connectivity index (χ1) is 14.7. The van der Waals surface area contributed by atoms with E-state index < -0.39 is 22.9 Å². The number of carbonyl (C=O) groups is 2. The maximum absolute atomic E-state index is 12.6. The number of benzene rings is 2. The zero-order valence-corrected chi connectivity index (χ0v) is 17.0. The Balaban J connectivity index is 1.43. The molecule has 31 heavy (non-hydrogen) atoms. The highest BCUT2D eigenvalue weighted by molar-refractivity contribution is 8.01. The number of aromatic amines is 1. The van der Waals surface area contributed by atoms with Gasteiger partial charge in [0, 0.05) is 13.5 Å². The van der Waals surface area contributed by atoms with Crippen molar-refractivity contribution in [2.24, 2.45) is 0 Å². The second-order valence-corrected chi connectivity index (χ2v) is 8.19. The van der Waals surface area contributed by atoms with Gasteiger partial charge in [-0.2, -0.15) is 0 Å². The smallest absolute Gasteiger partial charge is 0.406 e. The molecule has 2 heterocycles. The van der Waals surface area contributed by atoms with Gasteiger partial charge in [0.05, 0.1) is 16.3 Å². The summed E-state index contributed by atoms with van der Waals surface area (Å²) in [5, 5.41) is 1.44. The molecule has 2 N–H and O–H groups in total. The fraction of sp³-hybridized carbons (Fsp3) is 0.250. The average molecular weight is 450 g/mol. The van der Waals surface area contributed by atoms with Crippen LogP contribution in [0.25, 0.3) is 11.0 Å². The zero-order chi connectivity index (χ0) is 22.2. The van der Waals surface area contributed by atoms with E-state index >= 15 is 0 Å². The Morgan fingerprint density at radius 2 is 2.03 bits per heavy atom. The van der Waals surface area contributed by atoms with Crippen molar-refractivity contribution >= 4 is 40.6 Å². The van der Waals surface area contributed by atoms with Gasteiger partial charge in [0.25, 0.3) is 0 Å².